The summed E-state index contributed by atoms with van der Waals surface area (Å²) in [6.07, 6.45) is 2.22. The zero-order chi connectivity index (χ0) is 18.7. The van der Waals surface area contributed by atoms with Gasteiger partial charge in [-0.3, -0.25) is 9.59 Å². The number of hydrogen-bond donors (Lipinski definition) is 2. The number of nitrogens with one attached hydrogen (secondary N) is 1. The molecule has 0 spiro atoms. The first kappa shape index (κ1) is 18.0. The molecule has 1 amide bonds. The third kappa shape index (κ3) is 3.89. The van der Waals surface area contributed by atoms with Crippen LogP contribution in [0.1, 0.15) is 30.6 Å². The van der Waals surface area contributed by atoms with E-state index in [4.69, 9.17) is 5.11 Å². The highest BCUT2D eigenvalue weighted by Gasteiger charge is 2.31. The highest BCUT2D eigenvalue weighted by atomic mass is 32.1. The molecule has 1 heterocycles. The van der Waals surface area contributed by atoms with Gasteiger partial charge >= 0.3 is 5.97 Å². The molecule has 1 aromatic heterocycles. The summed E-state index contributed by atoms with van der Waals surface area (Å²) in [6, 6.07) is 7.64. The summed E-state index contributed by atoms with van der Waals surface area (Å²) in [7, 11) is 0. The van der Waals surface area contributed by atoms with Crippen molar-refractivity contribution < 1.29 is 19.1 Å². The number of rotatable bonds is 4. The molecular weight excluding hydrogens is 357 g/mol. The quantitative estimate of drug-likeness (QED) is 0.851. The van der Waals surface area contributed by atoms with E-state index in [1.165, 1.54) is 24.3 Å². The number of nitrogens with zero attached hydrogens (tertiary/aromatic N) is 2. The smallest absolute Gasteiger partial charge is 0.306 e. The number of aliphatic carboxylic acids is 1. The summed E-state index contributed by atoms with van der Waals surface area (Å²) < 4.78 is 13.1. The maximum absolute atomic E-state index is 13.1. The Labute approximate surface area is 153 Å². The second-order valence-electron chi connectivity index (χ2n) is 6.20. The van der Waals surface area contributed by atoms with Crippen molar-refractivity contribution >= 4 is 28.3 Å². The molecule has 0 aliphatic heterocycles. The van der Waals surface area contributed by atoms with E-state index in [-0.39, 0.29) is 22.8 Å². The molecular formula is C18H16FN3O3S. The van der Waals surface area contributed by atoms with Crippen molar-refractivity contribution in [1.29, 1.82) is 5.26 Å². The lowest BCUT2D eigenvalue weighted by molar-refractivity contribution is -0.143. The Hall–Kier alpha value is -2.79. The molecule has 1 fully saturated rings. The number of benzene rings is 1. The Morgan fingerprint density at radius 2 is 1.96 bits per heavy atom. The van der Waals surface area contributed by atoms with Gasteiger partial charge in [-0.05, 0) is 43.5 Å². The second-order valence-corrected chi connectivity index (χ2v) is 7.20. The first-order chi connectivity index (χ1) is 12.5. The zero-order valence-corrected chi connectivity index (χ0v) is 14.6. The van der Waals surface area contributed by atoms with E-state index in [1.54, 1.807) is 0 Å². The predicted molar refractivity (Wildman–Crippen MR) is 93.9 cm³/mol. The molecule has 2 atom stereocenters. The summed E-state index contributed by atoms with van der Waals surface area (Å²) >= 11 is 1.04. The number of carbonyl (C=O) groups excluding carboxylic acids is 1. The van der Waals surface area contributed by atoms with Gasteiger partial charge in [0.05, 0.1) is 5.92 Å². The van der Waals surface area contributed by atoms with Crippen LogP contribution in [0.3, 0.4) is 0 Å². The minimum atomic E-state index is -0.873. The van der Waals surface area contributed by atoms with E-state index in [2.05, 4.69) is 10.3 Å². The molecule has 1 saturated carbocycles. The topological polar surface area (TPSA) is 103 Å². The van der Waals surface area contributed by atoms with Crippen molar-refractivity contribution in [2.75, 3.05) is 5.32 Å². The minimum Gasteiger partial charge on any atom is -0.481 e. The maximum atomic E-state index is 13.1. The minimum absolute atomic E-state index is 0.278. The Morgan fingerprint density at radius 1 is 1.27 bits per heavy atom. The molecule has 0 unspecified atom stereocenters. The molecule has 8 heteroatoms. The van der Waals surface area contributed by atoms with Crippen LogP contribution in [0.4, 0.5) is 9.52 Å². The van der Waals surface area contributed by atoms with Gasteiger partial charge in [-0.2, -0.15) is 5.26 Å². The van der Waals surface area contributed by atoms with Gasteiger partial charge in [0.1, 0.15) is 22.5 Å². The predicted octanol–water partition coefficient (Wildman–Crippen LogP) is 3.65. The lowest BCUT2D eigenvalue weighted by atomic mass is 9.81. The normalized spacial score (nSPS) is 19.5. The number of thiazole rings is 1. The van der Waals surface area contributed by atoms with Crippen molar-refractivity contribution in [2.24, 2.45) is 11.8 Å². The van der Waals surface area contributed by atoms with Gasteiger partial charge in [-0.15, -0.1) is 0 Å². The molecule has 1 aliphatic carbocycles. The molecule has 134 valence electrons. The second kappa shape index (κ2) is 7.62. The van der Waals surface area contributed by atoms with Crippen LogP contribution in [0.5, 0.6) is 0 Å². The summed E-state index contributed by atoms with van der Waals surface area (Å²) in [6.45, 7) is 0. The third-order valence-electron chi connectivity index (χ3n) is 4.47. The molecule has 2 aromatic rings. The Balaban J connectivity index is 1.76. The van der Waals surface area contributed by atoms with Crippen LogP contribution in [0.2, 0.25) is 0 Å². The van der Waals surface area contributed by atoms with Crippen LogP contribution in [0.25, 0.3) is 11.3 Å². The summed E-state index contributed by atoms with van der Waals surface area (Å²) in [5.74, 6) is -2.42. The van der Waals surface area contributed by atoms with E-state index < -0.39 is 11.9 Å². The molecule has 0 bridgehead atoms. The Kier molecular flexibility index (Phi) is 5.28. The number of anilines is 1. The van der Waals surface area contributed by atoms with Gasteiger partial charge < -0.3 is 10.4 Å². The van der Waals surface area contributed by atoms with Crippen LogP contribution in [0.15, 0.2) is 24.3 Å². The fourth-order valence-electron chi connectivity index (χ4n) is 3.11. The van der Waals surface area contributed by atoms with Crippen LogP contribution in [-0.2, 0) is 9.59 Å². The van der Waals surface area contributed by atoms with Gasteiger partial charge in [-0.1, -0.05) is 17.8 Å². The van der Waals surface area contributed by atoms with Crippen molar-refractivity contribution in [1.82, 2.24) is 4.98 Å². The van der Waals surface area contributed by atoms with E-state index >= 15 is 0 Å². The summed E-state index contributed by atoms with van der Waals surface area (Å²) in [4.78, 5) is 28.2. The third-order valence-corrected chi connectivity index (χ3v) is 5.35. The summed E-state index contributed by atoms with van der Waals surface area (Å²) in [5, 5.41) is 21.4. The van der Waals surface area contributed by atoms with E-state index in [0.717, 1.165) is 11.3 Å². The monoisotopic (exact) mass is 373 g/mol. The van der Waals surface area contributed by atoms with Gasteiger partial charge in [0.15, 0.2) is 5.13 Å². The van der Waals surface area contributed by atoms with Crippen LogP contribution < -0.4 is 5.32 Å². The number of carbonyl (C=O) groups is 2. The number of carboxylic acid groups (broad SMARTS) is 1. The first-order valence-electron chi connectivity index (χ1n) is 8.18. The lowest BCUT2D eigenvalue weighted by Crippen LogP contribution is -2.30. The molecule has 26 heavy (non-hydrogen) atoms. The molecule has 0 saturated heterocycles. The average Bonchev–Trinajstić information content (AvgIpc) is 3.05. The van der Waals surface area contributed by atoms with Gasteiger partial charge in [0, 0.05) is 11.5 Å². The van der Waals surface area contributed by atoms with Crippen LogP contribution >= 0.6 is 11.3 Å². The lowest BCUT2D eigenvalue weighted by Gasteiger charge is -2.25. The number of carboxylic acids is 1. The SMILES string of the molecule is N#Cc1sc(NC(=O)[C@@H]2CCC[C@@H](C(=O)O)C2)nc1-c1ccc(F)cc1. The van der Waals surface area contributed by atoms with E-state index in [0.29, 0.717) is 41.8 Å². The fraction of sp³-hybridized carbons (Fsp3) is 0.333. The largest absolute Gasteiger partial charge is 0.481 e. The van der Waals surface area contributed by atoms with E-state index in [1.807, 2.05) is 6.07 Å². The number of nitriles is 1. The van der Waals surface area contributed by atoms with Gasteiger partial charge in [0.2, 0.25) is 5.91 Å². The number of hydrogen-bond acceptors (Lipinski definition) is 5. The fourth-order valence-corrected chi connectivity index (χ4v) is 3.90. The molecule has 6 nitrogen and oxygen atoms in total. The van der Waals surface area contributed by atoms with Crippen LogP contribution in [0, 0.1) is 29.0 Å². The van der Waals surface area contributed by atoms with Crippen molar-refractivity contribution in [3.8, 4) is 17.3 Å². The summed E-state index contributed by atoms with van der Waals surface area (Å²) in [5.41, 5.74) is 0.975. The highest BCUT2D eigenvalue weighted by molar-refractivity contribution is 7.16. The molecule has 3 rings (SSSR count). The average molecular weight is 373 g/mol. The Bertz CT molecular complexity index is 873. The van der Waals surface area contributed by atoms with Crippen molar-refractivity contribution in [3.63, 3.8) is 0 Å². The first-order valence-corrected chi connectivity index (χ1v) is 9.00. The van der Waals surface area contributed by atoms with E-state index in [9.17, 15) is 19.2 Å². The van der Waals surface area contributed by atoms with Gasteiger partial charge in [-0.25, -0.2) is 9.37 Å². The zero-order valence-electron chi connectivity index (χ0n) is 13.7. The maximum Gasteiger partial charge on any atom is 0.306 e. The van der Waals surface area contributed by atoms with Crippen molar-refractivity contribution in [2.45, 2.75) is 25.7 Å². The molecule has 1 aromatic carbocycles. The number of amides is 1. The highest BCUT2D eigenvalue weighted by Crippen LogP contribution is 2.33. The molecule has 2 N–H and O–H groups in total. The van der Waals surface area contributed by atoms with Crippen LogP contribution in [-0.4, -0.2) is 22.0 Å². The Morgan fingerprint density at radius 3 is 2.62 bits per heavy atom. The molecule has 0 radical (unpaired) electrons. The molecule has 1 aliphatic rings. The van der Waals surface area contributed by atoms with Gasteiger partial charge in [0.25, 0.3) is 0 Å². The number of aromatic nitrogens is 1. The van der Waals surface area contributed by atoms with Crippen molar-refractivity contribution in [3.05, 3.63) is 35.0 Å². The number of halogens is 1. The standard InChI is InChI=1S/C18H16FN3O3S/c19-13-6-4-10(5-7-13)15-14(9-20)26-18(21-15)22-16(23)11-2-1-3-12(8-11)17(24)25/h4-7,11-12H,1-3,8H2,(H,24,25)(H,21,22,23)/t11-,12-/m1/s1.